The summed E-state index contributed by atoms with van der Waals surface area (Å²) in [6, 6.07) is 7.84. The van der Waals surface area contributed by atoms with Crippen molar-refractivity contribution in [2.75, 3.05) is 43.9 Å². The molecule has 1 aliphatic carbocycles. The summed E-state index contributed by atoms with van der Waals surface area (Å²) in [7, 11) is -1.96. The zero-order valence-electron chi connectivity index (χ0n) is 17.5. The van der Waals surface area contributed by atoms with Crippen LogP contribution in [0.15, 0.2) is 24.3 Å². The topological polar surface area (TPSA) is 79.0 Å². The number of amides is 1. The van der Waals surface area contributed by atoms with Gasteiger partial charge in [-0.2, -0.15) is 0 Å². The van der Waals surface area contributed by atoms with Crippen LogP contribution in [0.25, 0.3) is 0 Å². The Morgan fingerprint density at radius 3 is 2.41 bits per heavy atom. The van der Waals surface area contributed by atoms with Gasteiger partial charge in [-0.15, -0.1) is 0 Å². The molecule has 0 atom stereocenters. The van der Waals surface area contributed by atoms with Crippen molar-refractivity contribution in [1.29, 1.82) is 0 Å². The van der Waals surface area contributed by atoms with E-state index in [0.29, 0.717) is 25.6 Å². The number of ether oxygens (including phenoxy) is 1. The number of hydrogen-bond donors (Lipinski definition) is 1. The number of benzene rings is 1. The number of anilines is 1. The van der Waals surface area contributed by atoms with E-state index in [9.17, 15) is 13.2 Å². The fourth-order valence-electron chi connectivity index (χ4n) is 4.15. The number of hydrogen-bond acceptors (Lipinski definition) is 5. The molecule has 1 heterocycles. The van der Waals surface area contributed by atoms with Crippen molar-refractivity contribution in [3.63, 3.8) is 0 Å². The van der Waals surface area contributed by atoms with Gasteiger partial charge in [0.25, 0.3) is 0 Å². The molecule has 1 saturated carbocycles. The maximum absolute atomic E-state index is 12.7. The van der Waals surface area contributed by atoms with E-state index < -0.39 is 15.8 Å². The smallest absolute Gasteiger partial charge is 0.239 e. The van der Waals surface area contributed by atoms with Crippen LogP contribution in [-0.2, 0) is 14.8 Å². The maximum atomic E-state index is 12.7. The molecule has 1 amide bonds. The molecule has 7 nitrogen and oxygen atoms in total. The summed E-state index contributed by atoms with van der Waals surface area (Å²) in [5.41, 5.74) is 1.08. The number of rotatable bonds is 6. The first-order valence-electron chi connectivity index (χ1n) is 10.5. The van der Waals surface area contributed by atoms with Gasteiger partial charge >= 0.3 is 0 Å². The van der Waals surface area contributed by atoms with Crippen LogP contribution in [0, 0.1) is 5.92 Å². The largest absolute Gasteiger partial charge is 0.497 e. The van der Waals surface area contributed by atoms with Crippen molar-refractivity contribution in [3.8, 4) is 5.75 Å². The molecule has 8 heteroatoms. The minimum Gasteiger partial charge on any atom is -0.497 e. The highest BCUT2D eigenvalue weighted by Crippen LogP contribution is 2.24. The molecule has 0 aromatic heterocycles. The molecule has 0 unspecified atom stereocenters. The van der Waals surface area contributed by atoms with E-state index in [2.05, 4.69) is 16.5 Å². The monoisotopic (exact) mass is 423 g/mol. The van der Waals surface area contributed by atoms with Gasteiger partial charge in [-0.3, -0.25) is 4.79 Å². The number of carbonyl (C=O) groups is 1. The average molecular weight is 424 g/mol. The molecule has 2 fully saturated rings. The molecule has 1 aromatic rings. The van der Waals surface area contributed by atoms with Gasteiger partial charge < -0.3 is 14.5 Å². The van der Waals surface area contributed by atoms with Crippen LogP contribution in [0.4, 0.5) is 5.69 Å². The molecule has 0 radical (unpaired) electrons. The van der Waals surface area contributed by atoms with Crippen LogP contribution >= 0.6 is 0 Å². The fraction of sp³-hybridized carbons (Fsp3) is 0.667. The molecular formula is C21H33N3O4S. The quantitative estimate of drug-likeness (QED) is 0.759. The van der Waals surface area contributed by atoms with E-state index in [1.54, 1.807) is 12.0 Å². The van der Waals surface area contributed by atoms with Crippen LogP contribution in [0.1, 0.15) is 39.0 Å². The molecule has 3 rings (SSSR count). The lowest BCUT2D eigenvalue weighted by Crippen LogP contribution is -2.44. The van der Waals surface area contributed by atoms with Crippen molar-refractivity contribution in [1.82, 2.24) is 9.62 Å². The Morgan fingerprint density at radius 1 is 1.07 bits per heavy atom. The summed E-state index contributed by atoms with van der Waals surface area (Å²) in [4.78, 5) is 16.6. The molecule has 0 bridgehead atoms. The van der Waals surface area contributed by atoms with Crippen molar-refractivity contribution in [2.45, 2.75) is 45.1 Å². The highest BCUT2D eigenvalue weighted by molar-refractivity contribution is 7.90. The number of sulfonamides is 1. The number of nitrogens with one attached hydrogen (secondary N) is 1. The van der Waals surface area contributed by atoms with Gasteiger partial charge in [-0.05, 0) is 62.3 Å². The Kier molecular flexibility index (Phi) is 7.40. The maximum Gasteiger partial charge on any atom is 0.239 e. The third-order valence-corrected chi connectivity index (χ3v) is 7.28. The predicted molar refractivity (Wildman–Crippen MR) is 115 cm³/mol. The molecule has 1 aliphatic heterocycles. The zero-order chi connectivity index (χ0) is 20.9. The summed E-state index contributed by atoms with van der Waals surface area (Å²) in [5.74, 6) is 0.702. The first-order valence-corrected chi connectivity index (χ1v) is 12.2. The molecule has 2 aliphatic rings. The summed E-state index contributed by atoms with van der Waals surface area (Å²) < 4.78 is 32.9. The van der Waals surface area contributed by atoms with Gasteiger partial charge in [-0.25, -0.2) is 13.1 Å². The summed E-state index contributed by atoms with van der Waals surface area (Å²) in [5, 5.41) is 0. The van der Waals surface area contributed by atoms with Gasteiger partial charge in [0.15, 0.2) is 0 Å². The van der Waals surface area contributed by atoms with Gasteiger partial charge in [0, 0.05) is 37.9 Å². The van der Waals surface area contributed by atoms with E-state index >= 15 is 0 Å². The van der Waals surface area contributed by atoms with Gasteiger partial charge in [0.05, 0.1) is 7.11 Å². The third kappa shape index (κ3) is 6.34. The van der Waals surface area contributed by atoms with E-state index in [-0.39, 0.29) is 11.9 Å². The van der Waals surface area contributed by atoms with Crippen LogP contribution in [0.3, 0.4) is 0 Å². The van der Waals surface area contributed by atoms with Gasteiger partial charge in [-0.1, -0.05) is 6.92 Å². The second-order valence-corrected chi connectivity index (χ2v) is 10.0. The first-order chi connectivity index (χ1) is 13.9. The molecule has 1 saturated heterocycles. The Labute approximate surface area is 174 Å². The standard InChI is InChI=1S/C21H33N3O4S/c1-17-4-6-18(7-5-17)22-29(26,27)16-21(25)24-13-3-12-23(14-15-24)19-8-10-20(28-2)11-9-19/h8-11,17-18,22H,3-7,12-16H2,1-2H3. The van der Waals surface area contributed by atoms with Crippen molar-refractivity contribution in [3.05, 3.63) is 24.3 Å². The normalized spacial score (nSPS) is 23.5. The van der Waals surface area contributed by atoms with Crippen molar-refractivity contribution >= 4 is 21.6 Å². The average Bonchev–Trinajstić information content (AvgIpc) is 2.96. The Hall–Kier alpha value is -1.80. The lowest BCUT2D eigenvalue weighted by atomic mass is 9.88. The van der Waals surface area contributed by atoms with Gasteiger partial charge in [0.2, 0.25) is 15.9 Å². The van der Waals surface area contributed by atoms with Crippen LogP contribution in [0.5, 0.6) is 5.75 Å². The van der Waals surface area contributed by atoms with E-state index in [1.165, 1.54) is 0 Å². The Bertz CT molecular complexity index is 774. The Balaban J connectivity index is 1.51. The van der Waals surface area contributed by atoms with Gasteiger partial charge in [0.1, 0.15) is 11.5 Å². The lowest BCUT2D eigenvalue weighted by Gasteiger charge is -2.27. The minimum absolute atomic E-state index is 0.0290. The second kappa shape index (κ2) is 9.80. The number of nitrogens with zero attached hydrogens (tertiary/aromatic N) is 2. The predicted octanol–water partition coefficient (Wildman–Crippen LogP) is 2.23. The first kappa shape index (κ1) is 21.9. The molecule has 29 heavy (non-hydrogen) atoms. The summed E-state index contributed by atoms with van der Waals surface area (Å²) >= 11 is 0. The van der Waals surface area contributed by atoms with E-state index in [1.807, 2.05) is 24.3 Å². The number of carbonyl (C=O) groups excluding carboxylic acids is 1. The highest BCUT2D eigenvalue weighted by Gasteiger charge is 2.27. The molecule has 0 spiro atoms. The zero-order valence-corrected chi connectivity index (χ0v) is 18.3. The third-order valence-electron chi connectivity index (χ3n) is 5.96. The number of methoxy groups -OCH3 is 1. The SMILES string of the molecule is COc1ccc(N2CCCN(C(=O)CS(=O)(=O)NC3CCC(C)CC3)CC2)cc1. The molecule has 1 N–H and O–H groups in total. The highest BCUT2D eigenvalue weighted by atomic mass is 32.2. The fourth-order valence-corrected chi connectivity index (χ4v) is 5.48. The molecule has 162 valence electrons. The van der Waals surface area contributed by atoms with E-state index in [0.717, 1.165) is 50.1 Å². The van der Waals surface area contributed by atoms with Crippen molar-refractivity contribution < 1.29 is 17.9 Å². The minimum atomic E-state index is -3.60. The second-order valence-electron chi connectivity index (χ2n) is 8.25. The van der Waals surface area contributed by atoms with Crippen LogP contribution < -0.4 is 14.4 Å². The van der Waals surface area contributed by atoms with E-state index in [4.69, 9.17) is 4.74 Å². The Morgan fingerprint density at radius 2 is 1.76 bits per heavy atom. The van der Waals surface area contributed by atoms with Crippen LogP contribution in [0.2, 0.25) is 0 Å². The molecule has 1 aromatic carbocycles. The summed E-state index contributed by atoms with van der Waals surface area (Å²) in [6.07, 6.45) is 4.60. The summed E-state index contributed by atoms with van der Waals surface area (Å²) in [6.45, 7) is 4.83. The lowest BCUT2D eigenvalue weighted by molar-refractivity contribution is -0.128. The molecular weight excluding hydrogens is 390 g/mol. The van der Waals surface area contributed by atoms with Crippen LogP contribution in [-0.4, -0.2) is 64.3 Å². The van der Waals surface area contributed by atoms with Crippen molar-refractivity contribution in [2.24, 2.45) is 5.92 Å².